The van der Waals surface area contributed by atoms with Gasteiger partial charge in [0.2, 0.25) is 0 Å². The predicted octanol–water partition coefficient (Wildman–Crippen LogP) is 0.988. The van der Waals surface area contributed by atoms with Crippen LogP contribution in [0.5, 0.6) is 0 Å². The predicted molar refractivity (Wildman–Crippen MR) is 83.4 cm³/mol. The van der Waals surface area contributed by atoms with E-state index < -0.39 is 0 Å². The number of amides is 1. The Morgan fingerprint density at radius 2 is 2.23 bits per heavy atom. The zero-order valence-corrected chi connectivity index (χ0v) is 13.5. The fourth-order valence-corrected chi connectivity index (χ4v) is 3.31. The summed E-state index contributed by atoms with van der Waals surface area (Å²) >= 11 is 0. The lowest BCUT2D eigenvalue weighted by molar-refractivity contribution is -0.139. The lowest BCUT2D eigenvalue weighted by atomic mass is 10.2. The molecule has 122 valence electrons. The Labute approximate surface area is 131 Å². The Balaban J connectivity index is 1.54. The van der Waals surface area contributed by atoms with Gasteiger partial charge in [0, 0.05) is 44.0 Å². The number of carbonyl (C=O) groups is 1. The fraction of sp³-hybridized carbons (Fsp3) is 0.750. The summed E-state index contributed by atoms with van der Waals surface area (Å²) < 4.78 is 7.57. The molecule has 1 aromatic heterocycles. The second kappa shape index (κ2) is 6.79. The molecule has 1 unspecified atom stereocenters. The van der Waals surface area contributed by atoms with Crippen molar-refractivity contribution >= 4 is 5.91 Å². The van der Waals surface area contributed by atoms with Crippen LogP contribution in [0.2, 0.25) is 0 Å². The summed E-state index contributed by atoms with van der Waals surface area (Å²) in [5, 5.41) is 7.43. The van der Waals surface area contributed by atoms with Crippen LogP contribution in [0.1, 0.15) is 36.9 Å². The van der Waals surface area contributed by atoms with Gasteiger partial charge in [-0.05, 0) is 19.8 Å². The molecule has 6 heteroatoms. The highest BCUT2D eigenvalue weighted by Crippen LogP contribution is 2.18. The van der Waals surface area contributed by atoms with Crippen molar-refractivity contribution < 1.29 is 9.53 Å². The van der Waals surface area contributed by atoms with Gasteiger partial charge in [0.1, 0.15) is 6.10 Å². The average molecular weight is 306 g/mol. The zero-order chi connectivity index (χ0) is 15.5. The number of rotatable bonds is 4. The van der Waals surface area contributed by atoms with Gasteiger partial charge in [-0.1, -0.05) is 12.8 Å². The summed E-state index contributed by atoms with van der Waals surface area (Å²) in [6, 6.07) is 0.354. The molecule has 2 heterocycles. The van der Waals surface area contributed by atoms with E-state index in [-0.39, 0.29) is 12.0 Å². The second-order valence-corrected chi connectivity index (χ2v) is 6.46. The van der Waals surface area contributed by atoms with Crippen LogP contribution in [-0.2, 0) is 23.1 Å². The normalized spacial score (nSPS) is 23.8. The van der Waals surface area contributed by atoms with Crippen LogP contribution in [-0.4, -0.2) is 52.4 Å². The van der Waals surface area contributed by atoms with Crippen LogP contribution in [0.4, 0.5) is 0 Å². The lowest BCUT2D eigenvalue weighted by Gasteiger charge is -2.32. The van der Waals surface area contributed by atoms with Crippen molar-refractivity contribution in [3.63, 3.8) is 0 Å². The molecule has 0 spiro atoms. The molecule has 1 N–H and O–H groups in total. The van der Waals surface area contributed by atoms with Gasteiger partial charge in [-0.25, -0.2) is 0 Å². The van der Waals surface area contributed by atoms with Gasteiger partial charge in [-0.2, -0.15) is 5.10 Å². The third-order valence-corrected chi connectivity index (χ3v) is 4.88. The highest BCUT2D eigenvalue weighted by atomic mass is 16.5. The first kappa shape index (κ1) is 15.5. The fourth-order valence-electron chi connectivity index (χ4n) is 3.31. The largest absolute Gasteiger partial charge is 0.366 e. The Bertz CT molecular complexity index is 522. The molecule has 0 bridgehead atoms. The van der Waals surface area contributed by atoms with Crippen LogP contribution < -0.4 is 5.32 Å². The van der Waals surface area contributed by atoms with Gasteiger partial charge < -0.3 is 10.1 Å². The molecular weight excluding hydrogens is 280 g/mol. The van der Waals surface area contributed by atoms with E-state index in [1.54, 1.807) is 0 Å². The summed E-state index contributed by atoms with van der Waals surface area (Å²) in [5.74, 6) is 0.0551. The standard InChI is InChI=1S/C16H26N4O2/c1-12-13(9-17-19(12)2)10-20-7-8-22-15(11-20)16(21)18-14-5-3-4-6-14/h9,14-15H,3-8,10-11H2,1-2H3,(H,18,21). The third kappa shape index (κ3) is 3.50. The molecule has 3 rings (SSSR count). The molecule has 1 atom stereocenters. The smallest absolute Gasteiger partial charge is 0.250 e. The van der Waals surface area contributed by atoms with Crippen molar-refractivity contribution in [3.05, 3.63) is 17.5 Å². The molecule has 1 aliphatic heterocycles. The molecule has 0 aromatic carbocycles. The van der Waals surface area contributed by atoms with E-state index in [2.05, 4.69) is 22.2 Å². The van der Waals surface area contributed by atoms with E-state index in [0.29, 0.717) is 19.2 Å². The Morgan fingerprint density at radius 1 is 1.45 bits per heavy atom. The van der Waals surface area contributed by atoms with Gasteiger partial charge in [0.05, 0.1) is 12.8 Å². The van der Waals surface area contributed by atoms with Crippen LogP contribution in [0.15, 0.2) is 6.20 Å². The molecule has 2 fully saturated rings. The number of nitrogens with zero attached hydrogens (tertiary/aromatic N) is 3. The molecule has 1 aliphatic carbocycles. The minimum atomic E-state index is -0.341. The van der Waals surface area contributed by atoms with Crippen molar-refractivity contribution in [1.29, 1.82) is 0 Å². The molecule has 22 heavy (non-hydrogen) atoms. The topological polar surface area (TPSA) is 59.4 Å². The highest BCUT2D eigenvalue weighted by molar-refractivity contribution is 5.81. The molecule has 1 amide bonds. The van der Waals surface area contributed by atoms with Gasteiger partial charge in [-0.3, -0.25) is 14.4 Å². The lowest BCUT2D eigenvalue weighted by Crippen LogP contribution is -2.51. The second-order valence-electron chi connectivity index (χ2n) is 6.46. The minimum absolute atomic E-state index is 0.0551. The Kier molecular flexibility index (Phi) is 4.78. The Morgan fingerprint density at radius 3 is 2.91 bits per heavy atom. The van der Waals surface area contributed by atoms with Crippen molar-refractivity contribution in [2.24, 2.45) is 7.05 Å². The highest BCUT2D eigenvalue weighted by Gasteiger charge is 2.29. The van der Waals surface area contributed by atoms with Gasteiger partial charge in [0.15, 0.2) is 0 Å². The van der Waals surface area contributed by atoms with Gasteiger partial charge in [-0.15, -0.1) is 0 Å². The number of morpholine rings is 1. The molecule has 1 aromatic rings. The van der Waals surface area contributed by atoms with Crippen LogP contribution in [0.3, 0.4) is 0 Å². The van der Waals surface area contributed by atoms with E-state index in [1.165, 1.54) is 24.1 Å². The summed E-state index contributed by atoms with van der Waals surface area (Å²) in [4.78, 5) is 14.6. The summed E-state index contributed by atoms with van der Waals surface area (Å²) in [6.45, 7) is 5.04. The van der Waals surface area contributed by atoms with E-state index in [4.69, 9.17) is 4.74 Å². The van der Waals surface area contributed by atoms with Crippen molar-refractivity contribution in [1.82, 2.24) is 20.0 Å². The molecule has 0 radical (unpaired) electrons. The van der Waals surface area contributed by atoms with Crippen LogP contribution in [0.25, 0.3) is 0 Å². The third-order valence-electron chi connectivity index (χ3n) is 4.88. The number of carbonyl (C=O) groups excluding carboxylic acids is 1. The van der Waals surface area contributed by atoms with Crippen molar-refractivity contribution in [2.45, 2.75) is 51.3 Å². The number of nitrogens with one attached hydrogen (secondary N) is 1. The molecule has 1 saturated heterocycles. The van der Waals surface area contributed by atoms with E-state index in [0.717, 1.165) is 25.9 Å². The number of aryl methyl sites for hydroxylation is 1. The minimum Gasteiger partial charge on any atom is -0.366 e. The monoisotopic (exact) mass is 306 g/mol. The number of aromatic nitrogens is 2. The summed E-state index contributed by atoms with van der Waals surface area (Å²) in [7, 11) is 1.95. The number of ether oxygens (including phenoxy) is 1. The maximum atomic E-state index is 12.3. The summed E-state index contributed by atoms with van der Waals surface area (Å²) in [6.07, 6.45) is 6.24. The number of hydrogen-bond acceptors (Lipinski definition) is 4. The quantitative estimate of drug-likeness (QED) is 0.901. The Hall–Kier alpha value is -1.40. The number of hydrogen-bond donors (Lipinski definition) is 1. The van der Waals surface area contributed by atoms with E-state index in [1.807, 2.05) is 17.9 Å². The van der Waals surface area contributed by atoms with E-state index in [9.17, 15) is 4.79 Å². The SMILES string of the molecule is Cc1c(CN2CCOC(C(=O)NC3CCCC3)C2)cnn1C. The maximum Gasteiger partial charge on any atom is 0.250 e. The maximum absolute atomic E-state index is 12.3. The van der Waals surface area contributed by atoms with Crippen molar-refractivity contribution in [3.8, 4) is 0 Å². The summed E-state index contributed by atoms with van der Waals surface area (Å²) in [5.41, 5.74) is 2.40. The van der Waals surface area contributed by atoms with Crippen LogP contribution in [0, 0.1) is 6.92 Å². The average Bonchev–Trinajstić information content (AvgIpc) is 3.13. The molecule has 1 saturated carbocycles. The van der Waals surface area contributed by atoms with Gasteiger partial charge in [0.25, 0.3) is 5.91 Å². The van der Waals surface area contributed by atoms with Gasteiger partial charge >= 0.3 is 0 Å². The molecular formula is C16H26N4O2. The zero-order valence-electron chi connectivity index (χ0n) is 13.5. The first-order valence-electron chi connectivity index (χ1n) is 8.25. The first-order chi connectivity index (χ1) is 10.6. The molecule has 2 aliphatic rings. The molecule has 6 nitrogen and oxygen atoms in total. The van der Waals surface area contributed by atoms with Crippen LogP contribution >= 0.6 is 0 Å². The first-order valence-corrected chi connectivity index (χ1v) is 8.25. The van der Waals surface area contributed by atoms with Crippen molar-refractivity contribution in [2.75, 3.05) is 19.7 Å². The van der Waals surface area contributed by atoms with E-state index >= 15 is 0 Å².